The number of aromatic nitrogens is 4. The molecule has 176 valence electrons. The molecule has 0 bridgehead atoms. The van der Waals surface area contributed by atoms with Crippen LogP contribution >= 0.6 is 0 Å². The molecular weight excluding hydrogens is 416 g/mol. The van der Waals surface area contributed by atoms with Gasteiger partial charge in [-0.25, -0.2) is 4.68 Å². The first-order valence-corrected chi connectivity index (χ1v) is 13.4. The molecule has 2 aromatic heterocycles. The summed E-state index contributed by atoms with van der Waals surface area (Å²) < 4.78 is 2.10. The van der Waals surface area contributed by atoms with Gasteiger partial charge in [-0.3, -0.25) is 4.98 Å². The van der Waals surface area contributed by atoms with Crippen LogP contribution in [0.15, 0.2) is 60.2 Å². The van der Waals surface area contributed by atoms with Crippen molar-refractivity contribution in [2.24, 2.45) is 34.5 Å². The molecule has 0 saturated heterocycles. The maximum absolute atomic E-state index is 4.41. The Morgan fingerprint density at radius 3 is 2.76 bits per heavy atom. The van der Waals surface area contributed by atoms with Gasteiger partial charge in [0.05, 0.1) is 12.2 Å². The van der Waals surface area contributed by atoms with Gasteiger partial charge in [-0.05, 0) is 97.1 Å². The van der Waals surface area contributed by atoms with Crippen LogP contribution in [0, 0.1) is 34.5 Å². The van der Waals surface area contributed by atoms with E-state index in [1.807, 2.05) is 18.6 Å². The van der Waals surface area contributed by atoms with Crippen molar-refractivity contribution in [2.75, 3.05) is 0 Å². The van der Waals surface area contributed by atoms with Crippen LogP contribution in [-0.2, 0) is 6.42 Å². The summed E-state index contributed by atoms with van der Waals surface area (Å²) in [5.74, 6) is 3.01. The van der Waals surface area contributed by atoms with Crippen LogP contribution in [0.4, 0.5) is 0 Å². The molecule has 0 aromatic carbocycles. The van der Waals surface area contributed by atoms with Crippen molar-refractivity contribution in [3.63, 3.8) is 0 Å². The summed E-state index contributed by atoms with van der Waals surface area (Å²) in [6, 6.07) is 2.65. The van der Waals surface area contributed by atoms with E-state index in [1.54, 1.807) is 11.1 Å². The first-order chi connectivity index (χ1) is 16.6. The summed E-state index contributed by atoms with van der Waals surface area (Å²) in [6.45, 7) is 5.22. The van der Waals surface area contributed by atoms with E-state index in [-0.39, 0.29) is 0 Å². The average Bonchev–Trinajstić information content (AvgIpc) is 3.51. The molecule has 7 rings (SSSR count). The number of nitrogens with zero attached hydrogens (tertiary/aromatic N) is 4. The fourth-order valence-corrected chi connectivity index (χ4v) is 8.96. The third-order valence-corrected chi connectivity index (χ3v) is 10.8. The van der Waals surface area contributed by atoms with Crippen LogP contribution in [0.3, 0.4) is 0 Å². The van der Waals surface area contributed by atoms with Gasteiger partial charge >= 0.3 is 0 Å². The molecule has 0 amide bonds. The second-order valence-electron chi connectivity index (χ2n) is 12.1. The summed E-state index contributed by atoms with van der Waals surface area (Å²) in [4.78, 5) is 4.41. The van der Waals surface area contributed by atoms with Crippen molar-refractivity contribution in [1.29, 1.82) is 0 Å². The molecule has 4 nitrogen and oxygen atoms in total. The van der Waals surface area contributed by atoms with Crippen molar-refractivity contribution in [1.82, 2.24) is 20.0 Å². The third kappa shape index (κ3) is 2.93. The Kier molecular flexibility index (Phi) is 4.60. The number of hydrogen-bond acceptors (Lipinski definition) is 3. The number of rotatable bonds is 2. The Bertz CT molecular complexity index is 1190. The van der Waals surface area contributed by atoms with E-state index >= 15 is 0 Å². The van der Waals surface area contributed by atoms with Gasteiger partial charge in [0.1, 0.15) is 0 Å². The maximum Gasteiger partial charge on any atom is 0.0693 e. The van der Waals surface area contributed by atoms with Crippen molar-refractivity contribution in [2.45, 2.75) is 71.3 Å². The van der Waals surface area contributed by atoms with E-state index in [0.29, 0.717) is 22.8 Å². The zero-order valence-corrected chi connectivity index (χ0v) is 20.5. The molecule has 2 heterocycles. The molecular formula is C30H36N4. The molecule has 34 heavy (non-hydrogen) atoms. The summed E-state index contributed by atoms with van der Waals surface area (Å²) in [5, 5.41) is 8.39. The SMILES string of the molecule is C[C@]12CC[C@H](n3ccnn3)CC1=CC[C@@H]1[C@@H]2CC[C@]2(C)C(C3C=Cc4ccncc4C3)=CC[C@@H]12. The van der Waals surface area contributed by atoms with Gasteiger partial charge in [0.25, 0.3) is 0 Å². The van der Waals surface area contributed by atoms with Gasteiger partial charge in [0, 0.05) is 24.5 Å². The Morgan fingerprint density at radius 2 is 1.88 bits per heavy atom. The second kappa shape index (κ2) is 7.50. The minimum atomic E-state index is 0.357. The molecule has 0 spiro atoms. The lowest BCUT2D eigenvalue weighted by Gasteiger charge is -2.58. The molecule has 5 aliphatic carbocycles. The van der Waals surface area contributed by atoms with Crippen LogP contribution in [0.5, 0.6) is 0 Å². The van der Waals surface area contributed by atoms with E-state index in [1.165, 1.54) is 49.7 Å². The minimum absolute atomic E-state index is 0.357. The Balaban J connectivity index is 1.14. The zero-order valence-electron chi connectivity index (χ0n) is 20.5. The first-order valence-electron chi connectivity index (χ1n) is 13.4. The Morgan fingerprint density at radius 1 is 0.971 bits per heavy atom. The van der Waals surface area contributed by atoms with Gasteiger partial charge < -0.3 is 0 Å². The molecule has 2 aromatic rings. The highest BCUT2D eigenvalue weighted by molar-refractivity contribution is 5.57. The number of allylic oxidation sites excluding steroid dienone is 5. The summed E-state index contributed by atoms with van der Waals surface area (Å²) in [5.41, 5.74) is 6.95. The lowest BCUT2D eigenvalue weighted by molar-refractivity contribution is -0.0229. The normalized spacial score (nSPS) is 40.5. The van der Waals surface area contributed by atoms with Gasteiger partial charge in [0.2, 0.25) is 0 Å². The number of hydrogen-bond donors (Lipinski definition) is 0. The lowest BCUT2D eigenvalue weighted by Crippen LogP contribution is -2.50. The largest absolute Gasteiger partial charge is 0.264 e. The van der Waals surface area contributed by atoms with Crippen molar-refractivity contribution in [3.05, 3.63) is 71.4 Å². The summed E-state index contributed by atoms with van der Waals surface area (Å²) in [7, 11) is 0. The second-order valence-corrected chi connectivity index (χ2v) is 12.1. The highest BCUT2D eigenvalue weighted by atomic mass is 15.4. The van der Waals surface area contributed by atoms with E-state index in [9.17, 15) is 0 Å². The van der Waals surface area contributed by atoms with Gasteiger partial charge in [-0.2, -0.15) is 0 Å². The smallest absolute Gasteiger partial charge is 0.0693 e. The van der Waals surface area contributed by atoms with Gasteiger partial charge in [-0.15, -0.1) is 5.10 Å². The monoisotopic (exact) mass is 452 g/mol. The fraction of sp³-hybridized carbons (Fsp3) is 0.567. The van der Waals surface area contributed by atoms with Gasteiger partial charge in [0.15, 0.2) is 0 Å². The summed E-state index contributed by atoms with van der Waals surface area (Å²) >= 11 is 0. The van der Waals surface area contributed by atoms with Crippen LogP contribution < -0.4 is 0 Å². The van der Waals surface area contributed by atoms with E-state index < -0.39 is 0 Å². The van der Waals surface area contributed by atoms with Crippen LogP contribution in [0.1, 0.15) is 76.0 Å². The van der Waals surface area contributed by atoms with Gasteiger partial charge in [-0.1, -0.05) is 54.5 Å². The minimum Gasteiger partial charge on any atom is -0.264 e. The average molecular weight is 453 g/mol. The van der Waals surface area contributed by atoms with Crippen LogP contribution in [0.25, 0.3) is 6.08 Å². The zero-order chi connectivity index (χ0) is 22.9. The van der Waals surface area contributed by atoms with E-state index in [2.05, 4.69) is 70.4 Å². The summed E-state index contributed by atoms with van der Waals surface area (Å²) in [6.07, 6.45) is 28.1. The molecule has 0 radical (unpaired) electrons. The van der Waals surface area contributed by atoms with Crippen LogP contribution in [-0.4, -0.2) is 20.0 Å². The maximum atomic E-state index is 4.41. The van der Waals surface area contributed by atoms with E-state index in [0.717, 1.165) is 30.6 Å². The van der Waals surface area contributed by atoms with Crippen molar-refractivity contribution in [3.8, 4) is 0 Å². The van der Waals surface area contributed by atoms with Crippen molar-refractivity contribution < 1.29 is 0 Å². The molecule has 5 aliphatic rings. The van der Waals surface area contributed by atoms with Crippen LogP contribution in [0.2, 0.25) is 0 Å². The third-order valence-electron chi connectivity index (χ3n) is 10.8. The highest BCUT2D eigenvalue weighted by Crippen LogP contribution is 2.66. The predicted molar refractivity (Wildman–Crippen MR) is 135 cm³/mol. The van der Waals surface area contributed by atoms with E-state index in [4.69, 9.17) is 0 Å². The molecule has 1 unspecified atom stereocenters. The molecule has 2 saturated carbocycles. The Labute approximate surface area is 203 Å². The lowest BCUT2D eigenvalue weighted by atomic mass is 9.47. The molecule has 0 aliphatic heterocycles. The first kappa shape index (κ1) is 20.8. The number of pyridine rings is 1. The fourth-order valence-electron chi connectivity index (χ4n) is 8.96. The predicted octanol–water partition coefficient (Wildman–Crippen LogP) is 6.60. The molecule has 4 heteroatoms. The standard InChI is InChI=1S/C30H36N4/c1-29-12-9-24(34-16-15-32-33-34)18-23(29)5-6-25-27-8-7-26(30(27,2)13-10-28(25)29)21-4-3-20-11-14-31-19-22(20)17-21/h3-5,7,11,14-16,19,21,24-25,27-28H,6,8-10,12-13,17-18H2,1-2H3/t21?,24-,25-,27-,28-,29-,30+/m0/s1. The Hall–Kier alpha value is -2.49. The molecule has 0 N–H and O–H groups in total. The number of fused-ring (bicyclic) bond motifs is 6. The molecule has 2 fully saturated rings. The van der Waals surface area contributed by atoms with Crippen molar-refractivity contribution >= 4 is 6.08 Å². The highest BCUT2D eigenvalue weighted by Gasteiger charge is 2.57. The quantitative estimate of drug-likeness (QED) is 0.482. The topological polar surface area (TPSA) is 43.6 Å². The molecule has 7 atom stereocenters.